The van der Waals surface area contributed by atoms with Gasteiger partial charge in [0, 0.05) is 23.4 Å². The lowest BCUT2D eigenvalue weighted by atomic mass is 10.3. The number of nitrogens with one attached hydrogen (secondary N) is 1. The normalized spacial score (nSPS) is 9.80. The third kappa shape index (κ3) is 1.76. The number of hydrogen-bond acceptors (Lipinski definition) is 3. The second-order valence-electron chi connectivity index (χ2n) is 1.80. The van der Waals surface area contributed by atoms with E-state index in [1.807, 2.05) is 6.07 Å². The van der Waals surface area contributed by atoms with Crippen molar-refractivity contribution in [3.8, 4) is 0 Å². The summed E-state index contributed by atoms with van der Waals surface area (Å²) in [6.45, 7) is 0.434. The van der Waals surface area contributed by atoms with Crippen molar-refractivity contribution in [1.82, 2.24) is 10.5 Å². The molecular weight excluding hydrogens is 196 g/mol. The predicted molar refractivity (Wildman–Crippen MR) is 40.6 cm³/mol. The lowest BCUT2D eigenvalue weighted by Crippen LogP contribution is -2.06. The Kier molecular flexibility index (Phi) is 2.80. The van der Waals surface area contributed by atoms with E-state index in [-0.39, 0.29) is 0 Å². The van der Waals surface area contributed by atoms with Crippen LogP contribution in [0.2, 0.25) is 0 Å². The van der Waals surface area contributed by atoms with Crippen LogP contribution in [-0.4, -0.2) is 10.2 Å². The topological polar surface area (TPSA) is 45.1 Å². The molecule has 2 N–H and O–H groups in total. The van der Waals surface area contributed by atoms with E-state index in [4.69, 9.17) is 5.21 Å². The zero-order chi connectivity index (χ0) is 7.40. The summed E-state index contributed by atoms with van der Waals surface area (Å²) in [6, 6.07) is 1.83. The molecule has 0 spiro atoms. The number of hydrogen-bond donors (Lipinski definition) is 2. The predicted octanol–water partition coefficient (Wildman–Crippen LogP) is 1.32. The maximum Gasteiger partial charge on any atom is 0.0470 e. The molecular formula is C6H7BrN2O. The molecule has 1 aromatic heterocycles. The second kappa shape index (κ2) is 3.65. The summed E-state index contributed by atoms with van der Waals surface area (Å²) in [5, 5.41) is 8.35. The summed E-state index contributed by atoms with van der Waals surface area (Å²) in [7, 11) is 0. The molecule has 0 aliphatic heterocycles. The molecule has 0 saturated carbocycles. The van der Waals surface area contributed by atoms with Crippen LogP contribution in [0.3, 0.4) is 0 Å². The first-order chi connectivity index (χ1) is 4.84. The van der Waals surface area contributed by atoms with Gasteiger partial charge in [-0.05, 0) is 27.6 Å². The number of aromatic nitrogens is 1. The van der Waals surface area contributed by atoms with Crippen molar-refractivity contribution >= 4 is 15.9 Å². The summed E-state index contributed by atoms with van der Waals surface area (Å²) in [4.78, 5) is 3.87. The first-order valence-corrected chi connectivity index (χ1v) is 3.59. The fourth-order valence-electron chi connectivity index (χ4n) is 0.633. The quantitative estimate of drug-likeness (QED) is 0.712. The third-order valence-corrected chi connectivity index (χ3v) is 1.84. The minimum absolute atomic E-state index is 0.434. The fourth-order valence-corrected chi connectivity index (χ4v) is 1.02. The van der Waals surface area contributed by atoms with Gasteiger partial charge in [-0.2, -0.15) is 0 Å². The molecule has 0 fully saturated rings. The maximum absolute atomic E-state index is 8.35. The van der Waals surface area contributed by atoms with Gasteiger partial charge in [-0.3, -0.25) is 4.98 Å². The Hall–Kier alpha value is -0.450. The zero-order valence-electron chi connectivity index (χ0n) is 5.21. The van der Waals surface area contributed by atoms with E-state index in [1.54, 1.807) is 12.4 Å². The largest absolute Gasteiger partial charge is 0.316 e. The molecule has 0 aromatic carbocycles. The molecule has 0 saturated heterocycles. The second-order valence-corrected chi connectivity index (χ2v) is 2.66. The van der Waals surface area contributed by atoms with Gasteiger partial charge in [-0.1, -0.05) is 0 Å². The van der Waals surface area contributed by atoms with Gasteiger partial charge in [0.05, 0.1) is 0 Å². The molecule has 3 nitrogen and oxygen atoms in total. The highest BCUT2D eigenvalue weighted by Crippen LogP contribution is 2.13. The molecule has 0 bridgehead atoms. The number of rotatable bonds is 2. The molecule has 4 heteroatoms. The summed E-state index contributed by atoms with van der Waals surface area (Å²) in [5.74, 6) is 0. The Balaban J connectivity index is 2.81. The van der Waals surface area contributed by atoms with E-state index in [0.29, 0.717) is 6.54 Å². The minimum atomic E-state index is 0.434. The van der Waals surface area contributed by atoms with Gasteiger partial charge in [0.15, 0.2) is 0 Å². The van der Waals surface area contributed by atoms with E-state index < -0.39 is 0 Å². The van der Waals surface area contributed by atoms with Gasteiger partial charge < -0.3 is 5.21 Å². The highest BCUT2D eigenvalue weighted by Gasteiger charge is 1.95. The summed E-state index contributed by atoms with van der Waals surface area (Å²) in [5.41, 5.74) is 3.05. The highest BCUT2D eigenvalue weighted by atomic mass is 79.9. The number of halogens is 1. The van der Waals surface area contributed by atoms with E-state index in [1.165, 1.54) is 0 Å². The zero-order valence-corrected chi connectivity index (χ0v) is 6.80. The molecule has 0 radical (unpaired) electrons. The van der Waals surface area contributed by atoms with Gasteiger partial charge in [0.2, 0.25) is 0 Å². The number of nitrogens with zero attached hydrogens (tertiary/aromatic N) is 1. The van der Waals surface area contributed by atoms with E-state index in [0.717, 1.165) is 10.0 Å². The van der Waals surface area contributed by atoms with Crippen LogP contribution in [0.1, 0.15) is 5.56 Å². The van der Waals surface area contributed by atoms with Gasteiger partial charge in [-0.25, -0.2) is 5.48 Å². The molecule has 54 valence electrons. The van der Waals surface area contributed by atoms with Gasteiger partial charge in [-0.15, -0.1) is 0 Å². The Morgan fingerprint density at radius 3 is 3.10 bits per heavy atom. The van der Waals surface area contributed by atoms with E-state index >= 15 is 0 Å². The van der Waals surface area contributed by atoms with Crippen molar-refractivity contribution in [1.29, 1.82) is 0 Å². The van der Waals surface area contributed by atoms with Crippen molar-refractivity contribution in [2.24, 2.45) is 0 Å². The van der Waals surface area contributed by atoms with Crippen LogP contribution in [0.5, 0.6) is 0 Å². The Morgan fingerprint density at radius 1 is 1.70 bits per heavy atom. The van der Waals surface area contributed by atoms with Crippen molar-refractivity contribution < 1.29 is 5.21 Å². The highest BCUT2D eigenvalue weighted by molar-refractivity contribution is 9.10. The van der Waals surface area contributed by atoms with Crippen molar-refractivity contribution in [3.05, 3.63) is 28.5 Å². The Bertz CT molecular complexity index is 217. The van der Waals surface area contributed by atoms with E-state index in [2.05, 4.69) is 26.4 Å². The van der Waals surface area contributed by atoms with Crippen LogP contribution in [0.4, 0.5) is 0 Å². The standard InChI is InChI=1S/C6H7BrN2O/c7-6-4-8-2-1-5(6)3-9-10/h1-2,4,9-10H,3H2. The molecule has 1 heterocycles. The van der Waals surface area contributed by atoms with Crippen LogP contribution in [0.25, 0.3) is 0 Å². The number of hydroxylamine groups is 1. The molecule has 0 amide bonds. The van der Waals surface area contributed by atoms with Crippen LogP contribution in [0.15, 0.2) is 22.9 Å². The van der Waals surface area contributed by atoms with Crippen molar-refractivity contribution in [3.63, 3.8) is 0 Å². The SMILES string of the molecule is ONCc1ccncc1Br. The molecule has 0 atom stereocenters. The van der Waals surface area contributed by atoms with Crippen LogP contribution >= 0.6 is 15.9 Å². The summed E-state index contributed by atoms with van der Waals surface area (Å²) in [6.07, 6.45) is 3.37. The van der Waals surface area contributed by atoms with Crippen molar-refractivity contribution in [2.45, 2.75) is 6.54 Å². The molecule has 0 aliphatic carbocycles. The molecule has 1 aromatic rings. The lowest BCUT2D eigenvalue weighted by Gasteiger charge is -1.99. The fraction of sp³-hybridized carbons (Fsp3) is 0.167. The number of pyridine rings is 1. The van der Waals surface area contributed by atoms with Crippen molar-refractivity contribution in [2.75, 3.05) is 0 Å². The monoisotopic (exact) mass is 202 g/mol. The molecule has 0 aliphatic rings. The first kappa shape index (κ1) is 7.65. The van der Waals surface area contributed by atoms with Gasteiger partial charge >= 0.3 is 0 Å². The summed E-state index contributed by atoms with van der Waals surface area (Å²) >= 11 is 3.28. The molecule has 1 rings (SSSR count). The average molecular weight is 203 g/mol. The lowest BCUT2D eigenvalue weighted by molar-refractivity contribution is 0.161. The van der Waals surface area contributed by atoms with Gasteiger partial charge in [0.1, 0.15) is 0 Å². The Morgan fingerprint density at radius 2 is 2.50 bits per heavy atom. The minimum Gasteiger partial charge on any atom is -0.316 e. The maximum atomic E-state index is 8.35. The third-order valence-electron chi connectivity index (χ3n) is 1.13. The molecule has 0 unspecified atom stereocenters. The average Bonchev–Trinajstić information content (AvgIpc) is 1.94. The van der Waals surface area contributed by atoms with Crippen LogP contribution in [0, 0.1) is 0 Å². The summed E-state index contributed by atoms with van der Waals surface area (Å²) < 4.78 is 0.900. The smallest absolute Gasteiger partial charge is 0.0470 e. The molecule has 10 heavy (non-hydrogen) atoms. The Labute approximate surface area is 67.2 Å². The van der Waals surface area contributed by atoms with Crippen LogP contribution < -0.4 is 5.48 Å². The van der Waals surface area contributed by atoms with E-state index in [9.17, 15) is 0 Å². The first-order valence-electron chi connectivity index (χ1n) is 2.80. The van der Waals surface area contributed by atoms with Crippen LogP contribution in [-0.2, 0) is 6.54 Å². The van der Waals surface area contributed by atoms with Gasteiger partial charge in [0.25, 0.3) is 0 Å².